The molecule has 132 valence electrons. The molecule has 0 saturated heterocycles. The highest BCUT2D eigenvalue weighted by molar-refractivity contribution is 6.42. The van der Waals surface area contributed by atoms with Gasteiger partial charge in [0.1, 0.15) is 11.5 Å². The number of hydrogen-bond acceptors (Lipinski definition) is 6. The molecule has 2 heterocycles. The van der Waals surface area contributed by atoms with Crippen molar-refractivity contribution in [2.45, 2.75) is 12.5 Å². The number of anilines is 1. The first-order valence-corrected chi connectivity index (χ1v) is 8.27. The molecule has 6 heteroatoms. The minimum Gasteiger partial charge on any atom is -0.468 e. The van der Waals surface area contributed by atoms with Crippen LogP contribution in [0.1, 0.15) is 12.5 Å². The van der Waals surface area contributed by atoms with Crippen LogP contribution in [0.15, 0.2) is 53.6 Å². The monoisotopic (exact) mass is 350 g/mol. The fourth-order valence-electron chi connectivity index (χ4n) is 4.00. The molecule has 6 nitrogen and oxygen atoms in total. The quantitative estimate of drug-likeness (QED) is 0.779. The third-order valence-electron chi connectivity index (χ3n) is 5.21. The first-order chi connectivity index (χ1) is 12.5. The van der Waals surface area contributed by atoms with E-state index in [1.54, 1.807) is 5.01 Å². The highest BCUT2D eigenvalue weighted by Crippen LogP contribution is 2.54. The molecule has 0 amide bonds. The van der Waals surface area contributed by atoms with Crippen molar-refractivity contribution in [2.75, 3.05) is 19.2 Å². The second-order valence-corrected chi connectivity index (χ2v) is 6.46. The van der Waals surface area contributed by atoms with Gasteiger partial charge in [-0.25, -0.2) is 4.79 Å². The van der Waals surface area contributed by atoms with E-state index in [1.165, 1.54) is 14.2 Å². The molecule has 0 N–H and O–H groups in total. The summed E-state index contributed by atoms with van der Waals surface area (Å²) >= 11 is 0. The van der Waals surface area contributed by atoms with E-state index < -0.39 is 23.4 Å². The van der Waals surface area contributed by atoms with E-state index in [-0.39, 0.29) is 5.71 Å². The molecule has 0 spiro atoms. The van der Waals surface area contributed by atoms with Crippen LogP contribution in [0.4, 0.5) is 5.69 Å². The third-order valence-corrected chi connectivity index (χ3v) is 5.21. The van der Waals surface area contributed by atoms with E-state index in [2.05, 4.69) is 5.10 Å². The number of esters is 2. The van der Waals surface area contributed by atoms with Crippen LogP contribution in [0.2, 0.25) is 0 Å². The number of para-hydroxylation sites is 1. The van der Waals surface area contributed by atoms with Crippen molar-refractivity contribution >= 4 is 23.3 Å². The Kier molecular flexibility index (Phi) is 3.57. The van der Waals surface area contributed by atoms with E-state index in [9.17, 15) is 9.59 Å². The fraction of sp³-hybridized carbons (Fsp3) is 0.250. The predicted molar refractivity (Wildman–Crippen MR) is 96.7 cm³/mol. The molecule has 4 rings (SSSR count). The van der Waals surface area contributed by atoms with Gasteiger partial charge in [0, 0.05) is 5.56 Å². The summed E-state index contributed by atoms with van der Waals surface area (Å²) in [7, 11) is 2.59. The first-order valence-electron chi connectivity index (χ1n) is 8.27. The minimum absolute atomic E-state index is 0.0494. The lowest BCUT2D eigenvalue weighted by Gasteiger charge is -2.43. The highest BCUT2D eigenvalue weighted by Gasteiger charge is 2.58. The van der Waals surface area contributed by atoms with Crippen LogP contribution >= 0.6 is 0 Å². The smallest absolute Gasteiger partial charge is 0.355 e. The zero-order valence-electron chi connectivity index (χ0n) is 14.7. The van der Waals surface area contributed by atoms with E-state index in [4.69, 9.17) is 9.47 Å². The van der Waals surface area contributed by atoms with Gasteiger partial charge in [-0.3, -0.25) is 9.80 Å². The molecule has 2 aromatic rings. The Morgan fingerprint density at radius 1 is 1.00 bits per heavy atom. The molecule has 26 heavy (non-hydrogen) atoms. The number of carbonyl (C=O) groups is 2. The Morgan fingerprint density at radius 3 is 2.35 bits per heavy atom. The predicted octanol–water partition coefficient (Wildman–Crippen LogP) is 2.72. The van der Waals surface area contributed by atoms with E-state index in [0.29, 0.717) is 0 Å². The second-order valence-electron chi connectivity index (χ2n) is 6.46. The summed E-state index contributed by atoms with van der Waals surface area (Å²) in [4.78, 5) is 25.1. The Hall–Kier alpha value is -3.15. The summed E-state index contributed by atoms with van der Waals surface area (Å²) in [5.41, 5.74) is 2.92. The number of rotatable bonds is 2. The summed E-state index contributed by atoms with van der Waals surface area (Å²) in [6.45, 7) is 1.91. The molecular formula is C20H18N2O4. The van der Waals surface area contributed by atoms with Gasteiger partial charge >= 0.3 is 11.9 Å². The number of benzene rings is 2. The van der Waals surface area contributed by atoms with Gasteiger partial charge in [0.05, 0.1) is 19.9 Å². The molecule has 0 saturated carbocycles. The standard InChI is InChI=1S/C20H18N2O4/c1-20-14-10-6-4-8-12(14)13-9-5-7-11-15(13)22(20)21-17(19(24)26-3)16(20)18(23)25-2/h4-11,16H,1-3H3/t16-,20-/m1/s1. The molecule has 2 aliphatic rings. The lowest BCUT2D eigenvalue weighted by atomic mass is 9.72. The summed E-state index contributed by atoms with van der Waals surface area (Å²) in [5.74, 6) is -2.05. The normalized spacial score (nSPS) is 22.7. The van der Waals surface area contributed by atoms with E-state index >= 15 is 0 Å². The van der Waals surface area contributed by atoms with Gasteiger partial charge in [-0.1, -0.05) is 42.5 Å². The van der Waals surface area contributed by atoms with Gasteiger partial charge in [-0.15, -0.1) is 0 Å². The number of nitrogens with zero attached hydrogens (tertiary/aromatic N) is 2. The van der Waals surface area contributed by atoms with Crippen LogP contribution in [0.3, 0.4) is 0 Å². The largest absolute Gasteiger partial charge is 0.468 e. The van der Waals surface area contributed by atoms with Crippen molar-refractivity contribution in [1.82, 2.24) is 0 Å². The zero-order chi connectivity index (χ0) is 18.5. The van der Waals surface area contributed by atoms with E-state index in [1.807, 2.05) is 55.5 Å². The molecule has 2 aliphatic heterocycles. The molecule has 0 aromatic heterocycles. The Morgan fingerprint density at radius 2 is 1.65 bits per heavy atom. The fourth-order valence-corrected chi connectivity index (χ4v) is 4.00. The molecule has 0 fully saturated rings. The van der Waals surface area contributed by atoms with Gasteiger partial charge in [0.15, 0.2) is 5.71 Å². The van der Waals surface area contributed by atoms with Gasteiger partial charge < -0.3 is 9.47 Å². The van der Waals surface area contributed by atoms with Crippen LogP contribution in [0.25, 0.3) is 11.1 Å². The van der Waals surface area contributed by atoms with Gasteiger partial charge in [-0.05, 0) is 24.1 Å². The first kappa shape index (κ1) is 16.3. The van der Waals surface area contributed by atoms with Gasteiger partial charge in [0.25, 0.3) is 0 Å². The summed E-state index contributed by atoms with van der Waals surface area (Å²) in [5, 5.41) is 6.27. The maximum absolute atomic E-state index is 12.7. The van der Waals surface area contributed by atoms with Crippen molar-refractivity contribution in [2.24, 2.45) is 11.0 Å². The second kappa shape index (κ2) is 5.69. The molecule has 0 aliphatic carbocycles. The Bertz CT molecular complexity index is 952. The third kappa shape index (κ3) is 1.95. The van der Waals surface area contributed by atoms with Crippen LogP contribution in [0.5, 0.6) is 0 Å². The summed E-state index contributed by atoms with van der Waals surface area (Å²) in [6.07, 6.45) is 0. The topological polar surface area (TPSA) is 68.2 Å². The SMILES string of the molecule is COC(=O)C1=NN2c3ccccc3-c3ccccc3[C@]2(C)[C@H]1C(=O)OC. The van der Waals surface area contributed by atoms with Crippen molar-refractivity contribution in [3.05, 3.63) is 54.1 Å². The average molecular weight is 350 g/mol. The van der Waals surface area contributed by atoms with Crippen LogP contribution in [-0.4, -0.2) is 31.9 Å². The number of hydrazone groups is 1. The van der Waals surface area contributed by atoms with Crippen LogP contribution < -0.4 is 5.01 Å². The lowest BCUT2D eigenvalue weighted by Crippen LogP contribution is -2.50. The summed E-state index contributed by atoms with van der Waals surface area (Å²) < 4.78 is 9.90. The maximum atomic E-state index is 12.7. The number of fused-ring (bicyclic) bond motifs is 6. The van der Waals surface area contributed by atoms with Gasteiger partial charge in [0.2, 0.25) is 0 Å². The maximum Gasteiger partial charge on any atom is 0.355 e. The molecule has 2 aromatic carbocycles. The zero-order valence-corrected chi connectivity index (χ0v) is 14.7. The van der Waals surface area contributed by atoms with Crippen molar-refractivity contribution in [1.29, 1.82) is 0 Å². The van der Waals surface area contributed by atoms with Gasteiger partial charge in [-0.2, -0.15) is 5.10 Å². The molecule has 0 radical (unpaired) electrons. The van der Waals surface area contributed by atoms with Crippen molar-refractivity contribution in [3.8, 4) is 11.1 Å². The highest BCUT2D eigenvalue weighted by atomic mass is 16.5. The Balaban J connectivity index is 2.04. The minimum atomic E-state index is -0.894. The molecule has 0 bridgehead atoms. The molecule has 2 atom stereocenters. The Labute approximate surface area is 151 Å². The number of ether oxygens (including phenoxy) is 2. The lowest BCUT2D eigenvalue weighted by molar-refractivity contribution is -0.146. The number of carbonyl (C=O) groups excluding carboxylic acids is 2. The van der Waals surface area contributed by atoms with Crippen LogP contribution in [0, 0.1) is 5.92 Å². The van der Waals surface area contributed by atoms with Crippen LogP contribution in [-0.2, 0) is 24.6 Å². The van der Waals surface area contributed by atoms with E-state index in [0.717, 1.165) is 22.4 Å². The average Bonchev–Trinajstić information content (AvgIpc) is 3.01. The number of hydrogen-bond donors (Lipinski definition) is 0. The molecule has 0 unspecified atom stereocenters. The number of methoxy groups -OCH3 is 2. The van der Waals surface area contributed by atoms with Crippen molar-refractivity contribution in [3.63, 3.8) is 0 Å². The molecular weight excluding hydrogens is 332 g/mol. The van der Waals surface area contributed by atoms with Crippen molar-refractivity contribution < 1.29 is 19.1 Å². The summed E-state index contributed by atoms with van der Waals surface area (Å²) in [6, 6.07) is 15.7.